The van der Waals surface area contributed by atoms with Gasteiger partial charge in [0.25, 0.3) is 0 Å². The molecule has 0 radical (unpaired) electrons. The number of benzene rings is 1. The molecule has 1 N–H and O–H groups in total. The van der Waals surface area contributed by atoms with E-state index in [0.717, 1.165) is 55.5 Å². The molecule has 2 aromatic rings. The number of aldehydes is 1. The zero-order valence-corrected chi connectivity index (χ0v) is 16.1. The van der Waals surface area contributed by atoms with Crippen LogP contribution in [0.15, 0.2) is 36.5 Å². The Hall–Kier alpha value is -2.73. The van der Waals surface area contributed by atoms with Crippen LogP contribution in [0.3, 0.4) is 0 Å². The van der Waals surface area contributed by atoms with Gasteiger partial charge in [-0.2, -0.15) is 0 Å². The maximum Gasteiger partial charge on any atom is 0.355 e. The lowest BCUT2D eigenvalue weighted by molar-refractivity contribution is -0.109. The molecule has 148 valence electrons. The summed E-state index contributed by atoms with van der Waals surface area (Å²) >= 11 is 0. The lowest BCUT2D eigenvalue weighted by Crippen LogP contribution is -2.35. The second kappa shape index (κ2) is 9.46. The van der Waals surface area contributed by atoms with Crippen LogP contribution in [0.1, 0.15) is 35.3 Å². The number of likely N-dealkylation sites (tertiary alicyclic amines) is 1. The summed E-state index contributed by atoms with van der Waals surface area (Å²) < 4.78 is 6.04. The average molecular weight is 382 g/mol. The van der Waals surface area contributed by atoms with Gasteiger partial charge in [-0.3, -0.25) is 4.90 Å². The number of hydrogen-bond acceptors (Lipinski definition) is 5. The van der Waals surface area contributed by atoms with Gasteiger partial charge < -0.3 is 14.6 Å². The molecule has 1 aromatic carbocycles. The highest BCUT2D eigenvalue weighted by Gasteiger charge is 2.19. The van der Waals surface area contributed by atoms with E-state index in [2.05, 4.69) is 9.88 Å². The topological polar surface area (TPSA) is 79.7 Å². The van der Waals surface area contributed by atoms with Crippen molar-refractivity contribution in [1.82, 2.24) is 9.88 Å². The number of carbonyl (C=O) groups is 2. The third-order valence-electron chi connectivity index (χ3n) is 5.41. The third-order valence-corrected chi connectivity index (χ3v) is 5.41. The molecule has 6 heteroatoms. The minimum absolute atomic E-state index is 0.0461. The standard InChI is InChI=1S/C22H26N2O4/c1-16-18(19-5-3-10-23-21(19)22(26)27)4-2-6-20(16)28-15-9-17-7-11-24(12-8-17)13-14-25/h2-6,10,14,17H,7-9,11-13,15H2,1H3,(H,26,27). The molecule has 0 bridgehead atoms. The van der Waals surface area contributed by atoms with Crippen molar-refractivity contribution in [3.63, 3.8) is 0 Å². The van der Waals surface area contributed by atoms with Gasteiger partial charge in [0.2, 0.25) is 0 Å². The van der Waals surface area contributed by atoms with Gasteiger partial charge in [0.15, 0.2) is 5.69 Å². The molecule has 3 rings (SSSR count). The Morgan fingerprint density at radius 2 is 2.00 bits per heavy atom. The highest BCUT2D eigenvalue weighted by Crippen LogP contribution is 2.32. The van der Waals surface area contributed by atoms with E-state index in [4.69, 9.17) is 4.74 Å². The number of hydrogen-bond donors (Lipinski definition) is 1. The summed E-state index contributed by atoms with van der Waals surface area (Å²) in [5.74, 6) is 0.349. The fraction of sp³-hybridized carbons (Fsp3) is 0.409. The summed E-state index contributed by atoms with van der Waals surface area (Å²) in [6.45, 7) is 5.04. The van der Waals surface area contributed by atoms with Gasteiger partial charge in [0, 0.05) is 11.8 Å². The predicted molar refractivity (Wildman–Crippen MR) is 107 cm³/mol. The Labute approximate surface area is 165 Å². The van der Waals surface area contributed by atoms with Gasteiger partial charge in [-0.05, 0) is 68.5 Å². The number of carboxylic acid groups (broad SMARTS) is 1. The van der Waals surface area contributed by atoms with Crippen LogP contribution in [-0.4, -0.2) is 53.5 Å². The van der Waals surface area contributed by atoms with Gasteiger partial charge in [0.05, 0.1) is 13.2 Å². The molecule has 1 saturated heterocycles. The molecule has 1 fully saturated rings. The molecule has 1 aromatic heterocycles. The van der Waals surface area contributed by atoms with Crippen molar-refractivity contribution in [1.29, 1.82) is 0 Å². The zero-order chi connectivity index (χ0) is 19.9. The summed E-state index contributed by atoms with van der Waals surface area (Å²) in [6.07, 6.45) is 5.62. The van der Waals surface area contributed by atoms with E-state index in [0.29, 0.717) is 24.6 Å². The van der Waals surface area contributed by atoms with Crippen LogP contribution in [-0.2, 0) is 4.79 Å². The number of rotatable bonds is 8. The molecule has 6 nitrogen and oxygen atoms in total. The van der Waals surface area contributed by atoms with Gasteiger partial charge in [0.1, 0.15) is 12.0 Å². The SMILES string of the molecule is Cc1c(OCCC2CCN(CC=O)CC2)cccc1-c1cccnc1C(=O)O. The number of ether oxygens (including phenoxy) is 1. The van der Waals surface area contributed by atoms with E-state index >= 15 is 0 Å². The molecule has 1 aliphatic rings. The first-order valence-corrected chi connectivity index (χ1v) is 9.67. The van der Waals surface area contributed by atoms with Crippen molar-refractivity contribution >= 4 is 12.3 Å². The van der Waals surface area contributed by atoms with Crippen molar-refractivity contribution < 1.29 is 19.4 Å². The largest absolute Gasteiger partial charge is 0.493 e. The van der Waals surface area contributed by atoms with E-state index in [1.165, 1.54) is 6.20 Å². The van der Waals surface area contributed by atoms with Gasteiger partial charge in [-0.15, -0.1) is 0 Å². The van der Waals surface area contributed by atoms with Crippen LogP contribution in [0.2, 0.25) is 0 Å². The molecule has 0 aliphatic carbocycles. The highest BCUT2D eigenvalue weighted by molar-refractivity contribution is 5.94. The second-order valence-corrected chi connectivity index (χ2v) is 7.18. The van der Waals surface area contributed by atoms with Gasteiger partial charge in [-0.25, -0.2) is 9.78 Å². The van der Waals surface area contributed by atoms with Gasteiger partial charge in [-0.1, -0.05) is 18.2 Å². The number of aromatic nitrogens is 1. The van der Waals surface area contributed by atoms with Crippen LogP contribution in [0, 0.1) is 12.8 Å². The number of nitrogens with zero attached hydrogens (tertiary/aromatic N) is 2. The lowest BCUT2D eigenvalue weighted by Gasteiger charge is -2.30. The van der Waals surface area contributed by atoms with Crippen LogP contribution in [0.25, 0.3) is 11.1 Å². The fourth-order valence-corrected chi connectivity index (χ4v) is 3.75. The lowest BCUT2D eigenvalue weighted by atomic mass is 9.94. The van der Waals surface area contributed by atoms with E-state index in [1.807, 2.05) is 25.1 Å². The van der Waals surface area contributed by atoms with Crippen molar-refractivity contribution in [2.45, 2.75) is 26.2 Å². The monoisotopic (exact) mass is 382 g/mol. The van der Waals surface area contributed by atoms with E-state index in [1.54, 1.807) is 12.1 Å². The van der Waals surface area contributed by atoms with Crippen molar-refractivity contribution in [2.24, 2.45) is 5.92 Å². The average Bonchev–Trinajstić information content (AvgIpc) is 2.71. The maximum atomic E-state index is 11.5. The molecule has 1 aliphatic heterocycles. The minimum Gasteiger partial charge on any atom is -0.493 e. The molecule has 0 spiro atoms. The van der Waals surface area contributed by atoms with Gasteiger partial charge >= 0.3 is 5.97 Å². The zero-order valence-electron chi connectivity index (χ0n) is 16.1. The van der Waals surface area contributed by atoms with Crippen molar-refractivity contribution in [2.75, 3.05) is 26.2 Å². The summed E-state index contributed by atoms with van der Waals surface area (Å²) in [5.41, 5.74) is 2.38. The molecule has 0 amide bonds. The smallest absolute Gasteiger partial charge is 0.355 e. The first-order valence-electron chi connectivity index (χ1n) is 9.67. The molecule has 0 atom stereocenters. The molecule has 0 unspecified atom stereocenters. The van der Waals surface area contributed by atoms with Crippen molar-refractivity contribution in [3.05, 3.63) is 47.8 Å². The van der Waals surface area contributed by atoms with Crippen LogP contribution in [0.4, 0.5) is 0 Å². The normalized spacial score (nSPS) is 15.3. The Morgan fingerprint density at radius 1 is 1.25 bits per heavy atom. The fourth-order valence-electron chi connectivity index (χ4n) is 3.75. The Kier molecular flexibility index (Phi) is 6.76. The van der Waals surface area contributed by atoms with Crippen molar-refractivity contribution in [3.8, 4) is 16.9 Å². The second-order valence-electron chi connectivity index (χ2n) is 7.18. The molecule has 2 heterocycles. The number of carbonyl (C=O) groups excluding carboxylic acids is 1. The number of piperidine rings is 1. The molecular formula is C22H26N2O4. The first kappa shape index (κ1) is 20.0. The highest BCUT2D eigenvalue weighted by atomic mass is 16.5. The summed E-state index contributed by atoms with van der Waals surface area (Å²) in [6, 6.07) is 9.21. The Bertz CT molecular complexity index is 829. The Morgan fingerprint density at radius 3 is 2.71 bits per heavy atom. The Balaban J connectivity index is 1.63. The number of carboxylic acids is 1. The summed E-state index contributed by atoms with van der Waals surface area (Å²) in [7, 11) is 0. The third kappa shape index (κ3) is 4.75. The molecule has 0 saturated carbocycles. The van der Waals surface area contributed by atoms with Crippen LogP contribution >= 0.6 is 0 Å². The molecule has 28 heavy (non-hydrogen) atoms. The summed E-state index contributed by atoms with van der Waals surface area (Å²) in [5, 5.41) is 9.41. The maximum absolute atomic E-state index is 11.5. The predicted octanol–water partition coefficient (Wildman–Crippen LogP) is 3.44. The van der Waals surface area contributed by atoms with Crippen LogP contribution in [0.5, 0.6) is 5.75 Å². The molecular weight excluding hydrogens is 356 g/mol. The quantitative estimate of drug-likeness (QED) is 0.705. The van der Waals surface area contributed by atoms with E-state index in [9.17, 15) is 14.7 Å². The number of pyridine rings is 1. The first-order chi connectivity index (χ1) is 13.6. The van der Waals surface area contributed by atoms with Crippen LogP contribution < -0.4 is 4.74 Å². The van der Waals surface area contributed by atoms with E-state index in [-0.39, 0.29) is 5.69 Å². The number of aromatic carboxylic acids is 1. The van der Waals surface area contributed by atoms with E-state index < -0.39 is 5.97 Å². The summed E-state index contributed by atoms with van der Waals surface area (Å²) in [4.78, 5) is 28.3. The minimum atomic E-state index is -1.04.